The van der Waals surface area contributed by atoms with E-state index in [-0.39, 0.29) is 12.4 Å². The zero-order valence-electron chi connectivity index (χ0n) is 12.2. The van der Waals surface area contributed by atoms with Gasteiger partial charge in [0.1, 0.15) is 12.4 Å². The molecule has 0 aliphatic rings. The lowest BCUT2D eigenvalue weighted by atomic mass is 10.2. The van der Waals surface area contributed by atoms with Gasteiger partial charge in [0.2, 0.25) is 0 Å². The molecule has 0 saturated carbocycles. The van der Waals surface area contributed by atoms with Crippen LogP contribution in [0.3, 0.4) is 0 Å². The van der Waals surface area contributed by atoms with Gasteiger partial charge >= 0.3 is 0 Å². The van der Waals surface area contributed by atoms with Crippen LogP contribution in [0, 0.1) is 5.82 Å². The number of benzene rings is 1. The molecule has 0 saturated heterocycles. The van der Waals surface area contributed by atoms with Crippen LogP contribution in [0.2, 0.25) is 0 Å². The van der Waals surface area contributed by atoms with Crippen molar-refractivity contribution in [3.05, 3.63) is 53.6 Å². The van der Waals surface area contributed by atoms with E-state index in [4.69, 9.17) is 9.47 Å². The van der Waals surface area contributed by atoms with Crippen molar-refractivity contribution < 1.29 is 13.9 Å². The maximum absolute atomic E-state index is 13.1. The Morgan fingerprint density at radius 3 is 2.86 bits per heavy atom. The molecule has 0 radical (unpaired) electrons. The van der Waals surface area contributed by atoms with Gasteiger partial charge in [0.15, 0.2) is 11.5 Å². The molecule has 0 spiro atoms. The van der Waals surface area contributed by atoms with Gasteiger partial charge in [-0.25, -0.2) is 4.39 Å². The van der Waals surface area contributed by atoms with Crippen molar-refractivity contribution in [2.24, 2.45) is 0 Å². The standard InChI is InChI=1S/C16H19FN2O2/c1-3-18-9-13-5-4-6-15(20-2)16(13)21-11-12-7-14(17)10-19-8-12/h4-8,10,18H,3,9,11H2,1-2H3. The van der Waals surface area contributed by atoms with E-state index in [1.54, 1.807) is 13.3 Å². The van der Waals surface area contributed by atoms with E-state index in [9.17, 15) is 4.39 Å². The number of nitrogens with one attached hydrogen (secondary N) is 1. The predicted molar refractivity (Wildman–Crippen MR) is 78.9 cm³/mol. The molecule has 5 heteroatoms. The number of halogens is 1. The fourth-order valence-corrected chi connectivity index (χ4v) is 1.98. The van der Waals surface area contributed by atoms with E-state index in [2.05, 4.69) is 10.3 Å². The van der Waals surface area contributed by atoms with Crippen molar-refractivity contribution in [2.75, 3.05) is 13.7 Å². The molecule has 1 aromatic carbocycles. The number of rotatable bonds is 7. The zero-order chi connectivity index (χ0) is 15.1. The molecule has 0 fully saturated rings. The highest BCUT2D eigenvalue weighted by molar-refractivity contribution is 5.46. The Hall–Kier alpha value is -2.14. The number of nitrogens with zero attached hydrogens (tertiary/aromatic N) is 1. The van der Waals surface area contributed by atoms with Gasteiger partial charge < -0.3 is 14.8 Å². The molecular formula is C16H19FN2O2. The summed E-state index contributed by atoms with van der Waals surface area (Å²) in [6.07, 6.45) is 2.76. The fourth-order valence-electron chi connectivity index (χ4n) is 1.98. The highest BCUT2D eigenvalue weighted by Crippen LogP contribution is 2.31. The number of ether oxygens (including phenoxy) is 2. The Morgan fingerprint density at radius 1 is 1.29 bits per heavy atom. The number of aromatic nitrogens is 1. The van der Waals surface area contributed by atoms with Crippen LogP contribution in [0.25, 0.3) is 0 Å². The van der Waals surface area contributed by atoms with Crippen LogP contribution in [0.15, 0.2) is 36.7 Å². The van der Waals surface area contributed by atoms with E-state index in [0.29, 0.717) is 23.6 Å². The molecule has 0 aliphatic heterocycles. The summed E-state index contributed by atoms with van der Waals surface area (Å²) in [5.74, 6) is 0.962. The smallest absolute Gasteiger partial charge is 0.166 e. The van der Waals surface area contributed by atoms with Crippen LogP contribution in [-0.2, 0) is 13.2 Å². The minimum absolute atomic E-state index is 0.240. The van der Waals surface area contributed by atoms with Gasteiger partial charge in [-0.15, -0.1) is 0 Å². The third-order valence-corrected chi connectivity index (χ3v) is 2.99. The molecule has 1 N–H and O–H groups in total. The Labute approximate surface area is 123 Å². The van der Waals surface area contributed by atoms with Crippen molar-refractivity contribution in [2.45, 2.75) is 20.1 Å². The maximum Gasteiger partial charge on any atom is 0.166 e. The van der Waals surface area contributed by atoms with Crippen molar-refractivity contribution in [1.82, 2.24) is 10.3 Å². The molecule has 2 rings (SSSR count). The van der Waals surface area contributed by atoms with Gasteiger partial charge in [0.05, 0.1) is 13.3 Å². The van der Waals surface area contributed by atoms with Crippen molar-refractivity contribution in [1.29, 1.82) is 0 Å². The molecule has 0 aliphatic carbocycles. The first kappa shape index (κ1) is 15.3. The number of pyridine rings is 1. The first-order valence-corrected chi connectivity index (χ1v) is 6.83. The van der Waals surface area contributed by atoms with E-state index >= 15 is 0 Å². The SMILES string of the molecule is CCNCc1cccc(OC)c1OCc1cncc(F)c1. The summed E-state index contributed by atoms with van der Waals surface area (Å²) in [6, 6.07) is 7.15. The minimum atomic E-state index is -0.371. The molecule has 1 heterocycles. The molecule has 0 amide bonds. The molecule has 0 unspecified atom stereocenters. The normalized spacial score (nSPS) is 10.4. The lowest BCUT2D eigenvalue weighted by Gasteiger charge is -2.15. The van der Waals surface area contributed by atoms with Gasteiger partial charge in [-0.05, 0) is 18.7 Å². The average Bonchev–Trinajstić information content (AvgIpc) is 2.51. The van der Waals surface area contributed by atoms with Crippen LogP contribution >= 0.6 is 0 Å². The highest BCUT2D eigenvalue weighted by Gasteiger charge is 2.10. The summed E-state index contributed by atoms with van der Waals surface area (Å²) >= 11 is 0. The number of hydrogen-bond acceptors (Lipinski definition) is 4. The topological polar surface area (TPSA) is 43.4 Å². The molecular weight excluding hydrogens is 271 g/mol. The van der Waals surface area contributed by atoms with Crippen LogP contribution < -0.4 is 14.8 Å². The average molecular weight is 290 g/mol. The van der Waals surface area contributed by atoms with Crippen LogP contribution in [0.4, 0.5) is 4.39 Å². The van der Waals surface area contributed by atoms with Crippen LogP contribution in [0.1, 0.15) is 18.1 Å². The monoisotopic (exact) mass is 290 g/mol. The number of hydrogen-bond donors (Lipinski definition) is 1. The predicted octanol–water partition coefficient (Wildman–Crippen LogP) is 2.92. The van der Waals surface area contributed by atoms with E-state index in [1.807, 2.05) is 25.1 Å². The first-order valence-electron chi connectivity index (χ1n) is 6.83. The lowest BCUT2D eigenvalue weighted by Crippen LogP contribution is -2.13. The molecule has 1 aromatic heterocycles. The van der Waals surface area contributed by atoms with Crippen LogP contribution in [-0.4, -0.2) is 18.6 Å². The van der Waals surface area contributed by atoms with Gasteiger partial charge in [0, 0.05) is 23.9 Å². The summed E-state index contributed by atoms with van der Waals surface area (Å²) in [4.78, 5) is 3.81. The van der Waals surface area contributed by atoms with Crippen molar-refractivity contribution >= 4 is 0 Å². The first-order chi connectivity index (χ1) is 10.2. The maximum atomic E-state index is 13.1. The van der Waals surface area contributed by atoms with Gasteiger partial charge in [-0.2, -0.15) is 0 Å². The second-order valence-electron chi connectivity index (χ2n) is 4.53. The Kier molecular flexibility index (Phi) is 5.51. The third kappa shape index (κ3) is 4.16. The molecule has 2 aromatic rings. The molecule has 21 heavy (non-hydrogen) atoms. The largest absolute Gasteiger partial charge is 0.493 e. The van der Waals surface area contributed by atoms with Crippen molar-refractivity contribution in [3.8, 4) is 11.5 Å². The van der Waals surface area contributed by atoms with Crippen molar-refractivity contribution in [3.63, 3.8) is 0 Å². The molecule has 112 valence electrons. The highest BCUT2D eigenvalue weighted by atomic mass is 19.1. The summed E-state index contributed by atoms with van der Waals surface area (Å²) in [5, 5.41) is 3.26. The third-order valence-electron chi connectivity index (χ3n) is 2.99. The number of para-hydroxylation sites is 1. The zero-order valence-corrected chi connectivity index (χ0v) is 12.2. The van der Waals surface area contributed by atoms with E-state index < -0.39 is 0 Å². The molecule has 0 atom stereocenters. The second kappa shape index (κ2) is 7.59. The van der Waals surface area contributed by atoms with Crippen LogP contribution in [0.5, 0.6) is 11.5 Å². The quantitative estimate of drug-likeness (QED) is 0.851. The van der Waals surface area contributed by atoms with Gasteiger partial charge in [-0.3, -0.25) is 4.98 Å². The van der Waals surface area contributed by atoms with Gasteiger partial charge in [0.25, 0.3) is 0 Å². The summed E-state index contributed by atoms with van der Waals surface area (Å²) < 4.78 is 24.3. The summed E-state index contributed by atoms with van der Waals surface area (Å²) in [5.41, 5.74) is 1.68. The minimum Gasteiger partial charge on any atom is -0.493 e. The lowest BCUT2D eigenvalue weighted by molar-refractivity contribution is 0.280. The summed E-state index contributed by atoms with van der Waals surface area (Å²) in [7, 11) is 1.60. The number of methoxy groups -OCH3 is 1. The fraction of sp³-hybridized carbons (Fsp3) is 0.312. The van der Waals surface area contributed by atoms with E-state index in [1.165, 1.54) is 12.3 Å². The second-order valence-corrected chi connectivity index (χ2v) is 4.53. The molecule has 0 bridgehead atoms. The molecule has 4 nitrogen and oxygen atoms in total. The van der Waals surface area contributed by atoms with Gasteiger partial charge in [-0.1, -0.05) is 19.1 Å². The Bertz CT molecular complexity index is 590. The Balaban J connectivity index is 2.16. The Morgan fingerprint density at radius 2 is 2.14 bits per heavy atom. The van der Waals surface area contributed by atoms with E-state index in [0.717, 1.165) is 12.1 Å². The summed E-state index contributed by atoms with van der Waals surface area (Å²) in [6.45, 7) is 3.83.